The highest BCUT2D eigenvalue weighted by atomic mass is 16.6. The number of hydrogen-bond donors (Lipinski definition) is 1. The molecular formula is C20H19NO6. The van der Waals surface area contributed by atoms with E-state index in [0.29, 0.717) is 28.8 Å². The lowest BCUT2D eigenvalue weighted by Gasteiger charge is -2.15. The summed E-state index contributed by atoms with van der Waals surface area (Å²) in [7, 11) is 0. The van der Waals surface area contributed by atoms with Crippen molar-refractivity contribution < 1.29 is 28.7 Å². The number of benzene rings is 2. The minimum atomic E-state index is -1.07. The van der Waals surface area contributed by atoms with Gasteiger partial charge in [-0.15, -0.1) is 0 Å². The van der Waals surface area contributed by atoms with Gasteiger partial charge in [0.25, 0.3) is 5.91 Å². The first kappa shape index (κ1) is 19.8. The van der Waals surface area contributed by atoms with Gasteiger partial charge in [0, 0.05) is 11.1 Å². The summed E-state index contributed by atoms with van der Waals surface area (Å²) >= 11 is 0. The number of nitrogens with one attached hydrogen (secondary N) is 1. The van der Waals surface area contributed by atoms with E-state index in [1.165, 1.54) is 13.8 Å². The van der Waals surface area contributed by atoms with E-state index in [2.05, 4.69) is 5.32 Å². The number of esters is 1. The number of ketones is 1. The maximum Gasteiger partial charge on any atom is 0.344 e. The zero-order valence-corrected chi connectivity index (χ0v) is 14.9. The van der Waals surface area contributed by atoms with E-state index in [9.17, 15) is 19.2 Å². The van der Waals surface area contributed by atoms with Crippen LogP contribution in [0, 0.1) is 0 Å². The molecule has 2 aromatic rings. The summed E-state index contributed by atoms with van der Waals surface area (Å²) in [4.78, 5) is 46.2. The zero-order valence-electron chi connectivity index (χ0n) is 14.9. The van der Waals surface area contributed by atoms with E-state index in [0.717, 1.165) is 0 Å². The number of ether oxygens (including phenoxy) is 2. The Morgan fingerprint density at radius 3 is 2.37 bits per heavy atom. The Bertz CT molecular complexity index is 844. The Kier molecular flexibility index (Phi) is 6.82. The third kappa shape index (κ3) is 5.78. The van der Waals surface area contributed by atoms with Gasteiger partial charge in [0.15, 0.2) is 18.5 Å². The smallest absolute Gasteiger partial charge is 0.344 e. The molecule has 0 spiro atoms. The van der Waals surface area contributed by atoms with Crippen LogP contribution < -0.4 is 10.1 Å². The van der Waals surface area contributed by atoms with Gasteiger partial charge in [-0.1, -0.05) is 12.1 Å². The van der Waals surface area contributed by atoms with Crippen molar-refractivity contribution in [3.05, 3.63) is 59.7 Å². The Labute approximate surface area is 156 Å². The van der Waals surface area contributed by atoms with Gasteiger partial charge in [-0.2, -0.15) is 0 Å². The molecule has 1 amide bonds. The highest BCUT2D eigenvalue weighted by Crippen LogP contribution is 2.16. The lowest BCUT2D eigenvalue weighted by molar-refractivity contribution is -0.155. The molecule has 27 heavy (non-hydrogen) atoms. The first-order chi connectivity index (χ1) is 12.9. The zero-order chi connectivity index (χ0) is 19.8. The monoisotopic (exact) mass is 369 g/mol. The van der Waals surface area contributed by atoms with Crippen LogP contribution in [0.2, 0.25) is 0 Å². The summed E-state index contributed by atoms with van der Waals surface area (Å²) in [5, 5.41) is 2.57. The SMILES string of the molecule is CC(=O)c1ccccc1NC(=O)[C@H](C)OC(=O)COc1ccc(C=O)cc1. The lowest BCUT2D eigenvalue weighted by Crippen LogP contribution is -2.32. The van der Waals surface area contributed by atoms with Crippen molar-refractivity contribution in [3.63, 3.8) is 0 Å². The van der Waals surface area contributed by atoms with Gasteiger partial charge in [0.2, 0.25) is 0 Å². The summed E-state index contributed by atoms with van der Waals surface area (Å²) in [6.07, 6.45) is -0.374. The normalized spacial score (nSPS) is 11.2. The van der Waals surface area contributed by atoms with Gasteiger partial charge in [0.05, 0.1) is 5.69 Å². The topological polar surface area (TPSA) is 98.8 Å². The van der Waals surface area contributed by atoms with E-state index >= 15 is 0 Å². The molecule has 0 saturated carbocycles. The van der Waals surface area contributed by atoms with E-state index in [1.54, 1.807) is 48.5 Å². The molecular weight excluding hydrogens is 350 g/mol. The van der Waals surface area contributed by atoms with E-state index < -0.39 is 18.0 Å². The fourth-order valence-corrected chi connectivity index (χ4v) is 2.20. The number of carbonyl (C=O) groups is 4. The lowest BCUT2D eigenvalue weighted by atomic mass is 10.1. The second-order valence-corrected chi connectivity index (χ2v) is 5.70. The molecule has 0 radical (unpaired) electrons. The number of aldehydes is 1. The maximum absolute atomic E-state index is 12.2. The average molecular weight is 369 g/mol. The molecule has 2 rings (SSSR count). The van der Waals surface area contributed by atoms with Crippen molar-refractivity contribution in [2.45, 2.75) is 20.0 Å². The molecule has 0 aromatic heterocycles. The van der Waals surface area contributed by atoms with Gasteiger partial charge >= 0.3 is 5.97 Å². The molecule has 0 aliphatic carbocycles. The van der Waals surface area contributed by atoms with Crippen molar-refractivity contribution >= 4 is 29.6 Å². The largest absolute Gasteiger partial charge is 0.482 e. The number of rotatable bonds is 8. The molecule has 0 fully saturated rings. The third-order valence-electron chi connectivity index (χ3n) is 3.61. The van der Waals surface area contributed by atoms with Gasteiger partial charge < -0.3 is 14.8 Å². The second kappa shape index (κ2) is 9.28. The highest BCUT2D eigenvalue weighted by molar-refractivity contribution is 6.04. The van der Waals surface area contributed by atoms with E-state index in [1.807, 2.05) is 0 Å². The van der Waals surface area contributed by atoms with Crippen molar-refractivity contribution in [2.75, 3.05) is 11.9 Å². The Morgan fingerprint density at radius 1 is 1.07 bits per heavy atom. The van der Waals surface area contributed by atoms with Crippen LogP contribution in [-0.2, 0) is 14.3 Å². The summed E-state index contributed by atoms with van der Waals surface area (Å²) in [5.41, 5.74) is 1.21. The molecule has 1 atom stereocenters. The molecule has 0 saturated heterocycles. The molecule has 0 aliphatic heterocycles. The van der Waals surface area contributed by atoms with E-state index in [4.69, 9.17) is 9.47 Å². The number of anilines is 1. The van der Waals surface area contributed by atoms with Gasteiger partial charge in [-0.25, -0.2) is 4.79 Å². The third-order valence-corrected chi connectivity index (χ3v) is 3.61. The standard InChI is InChI=1S/C20H19NO6/c1-13(23)17-5-3-4-6-18(17)21-20(25)14(2)27-19(24)12-26-16-9-7-15(11-22)8-10-16/h3-11,14H,12H2,1-2H3,(H,21,25)/t14-/m0/s1. The molecule has 7 nitrogen and oxygen atoms in total. The van der Waals surface area contributed by atoms with Crippen LogP contribution in [0.25, 0.3) is 0 Å². The fraction of sp³-hybridized carbons (Fsp3) is 0.200. The van der Waals surface area contributed by atoms with Gasteiger partial charge in [-0.3, -0.25) is 14.4 Å². The highest BCUT2D eigenvalue weighted by Gasteiger charge is 2.19. The predicted octanol–water partition coefficient (Wildman–Crippen LogP) is 2.65. The number of carbonyl (C=O) groups excluding carboxylic acids is 4. The molecule has 7 heteroatoms. The molecule has 140 valence electrons. The van der Waals surface area contributed by atoms with Crippen LogP contribution >= 0.6 is 0 Å². The van der Waals surface area contributed by atoms with E-state index in [-0.39, 0.29) is 12.4 Å². The number of hydrogen-bond acceptors (Lipinski definition) is 6. The molecule has 1 N–H and O–H groups in total. The Hall–Kier alpha value is -3.48. The van der Waals surface area contributed by atoms with Gasteiger partial charge in [-0.05, 0) is 50.2 Å². The van der Waals surface area contributed by atoms with Crippen LogP contribution in [0.1, 0.15) is 34.6 Å². The van der Waals surface area contributed by atoms with Crippen molar-refractivity contribution in [3.8, 4) is 5.75 Å². The molecule has 0 heterocycles. The first-order valence-electron chi connectivity index (χ1n) is 8.19. The quantitative estimate of drug-likeness (QED) is 0.436. The van der Waals surface area contributed by atoms with Crippen molar-refractivity contribution in [2.24, 2.45) is 0 Å². The first-order valence-corrected chi connectivity index (χ1v) is 8.19. The van der Waals surface area contributed by atoms with Crippen molar-refractivity contribution in [1.82, 2.24) is 0 Å². The summed E-state index contributed by atoms with van der Waals surface area (Å²) < 4.78 is 10.3. The molecule has 0 aliphatic rings. The minimum Gasteiger partial charge on any atom is -0.482 e. The van der Waals surface area contributed by atoms with Gasteiger partial charge in [0.1, 0.15) is 12.0 Å². The number of amides is 1. The molecule has 2 aromatic carbocycles. The number of para-hydroxylation sites is 1. The average Bonchev–Trinajstić information content (AvgIpc) is 2.67. The Balaban J connectivity index is 1.87. The summed E-state index contributed by atoms with van der Waals surface area (Å²) in [6.45, 7) is 2.43. The van der Waals surface area contributed by atoms with Crippen LogP contribution in [0.5, 0.6) is 5.75 Å². The van der Waals surface area contributed by atoms with Crippen molar-refractivity contribution in [1.29, 1.82) is 0 Å². The second-order valence-electron chi connectivity index (χ2n) is 5.70. The van der Waals surface area contributed by atoms with Crippen LogP contribution in [0.3, 0.4) is 0 Å². The summed E-state index contributed by atoms with van der Waals surface area (Å²) in [5.74, 6) is -1.08. The maximum atomic E-state index is 12.2. The van der Waals surface area contributed by atoms with Crippen LogP contribution in [0.4, 0.5) is 5.69 Å². The molecule has 0 unspecified atom stereocenters. The number of Topliss-reactive ketones (excluding diaryl/α,β-unsaturated/α-hetero) is 1. The van der Waals surface area contributed by atoms with Crippen LogP contribution in [0.15, 0.2) is 48.5 Å². The fourth-order valence-electron chi connectivity index (χ4n) is 2.20. The minimum absolute atomic E-state index is 0.190. The Morgan fingerprint density at radius 2 is 1.74 bits per heavy atom. The summed E-state index contributed by atoms with van der Waals surface area (Å²) in [6, 6.07) is 12.8. The predicted molar refractivity (Wildman–Crippen MR) is 98.0 cm³/mol. The van der Waals surface area contributed by atoms with Crippen LogP contribution in [-0.4, -0.2) is 36.7 Å². The molecule has 0 bridgehead atoms.